The zero-order chi connectivity index (χ0) is 14.5. The van der Waals surface area contributed by atoms with Gasteiger partial charge in [-0.2, -0.15) is 0 Å². The van der Waals surface area contributed by atoms with Gasteiger partial charge in [0.2, 0.25) is 0 Å². The van der Waals surface area contributed by atoms with E-state index in [2.05, 4.69) is 30.3 Å². The second-order valence-electron chi connectivity index (χ2n) is 5.72. The highest BCUT2D eigenvalue weighted by Gasteiger charge is 2.26. The van der Waals surface area contributed by atoms with Crippen LogP contribution >= 0.6 is 0 Å². The fraction of sp³-hybridized carbons (Fsp3) is 0.250. The van der Waals surface area contributed by atoms with Gasteiger partial charge in [0, 0.05) is 5.92 Å². The van der Waals surface area contributed by atoms with Crippen LogP contribution in [-0.4, -0.2) is 5.78 Å². The normalized spacial score (nSPS) is 20.7. The van der Waals surface area contributed by atoms with Gasteiger partial charge in [-0.25, -0.2) is 0 Å². The number of hydrogen-bond acceptors (Lipinski definition) is 1. The molecule has 0 heterocycles. The number of benzene rings is 2. The average Bonchev–Trinajstić information content (AvgIpc) is 2.53. The van der Waals surface area contributed by atoms with Crippen LogP contribution in [0.5, 0.6) is 0 Å². The molecule has 1 aliphatic carbocycles. The van der Waals surface area contributed by atoms with E-state index < -0.39 is 0 Å². The lowest BCUT2D eigenvalue weighted by Gasteiger charge is -2.23. The van der Waals surface area contributed by atoms with Gasteiger partial charge in [-0.05, 0) is 48.5 Å². The van der Waals surface area contributed by atoms with Crippen molar-refractivity contribution in [3.8, 4) is 0 Å². The molecule has 1 atom stereocenters. The number of allylic oxidation sites excluding steroid dienone is 1. The first-order chi connectivity index (χ1) is 10.3. The Bertz CT molecular complexity index is 625. The van der Waals surface area contributed by atoms with Crippen molar-refractivity contribution in [2.24, 2.45) is 5.92 Å². The van der Waals surface area contributed by atoms with E-state index >= 15 is 0 Å². The number of carbonyl (C=O) groups is 1. The first-order valence-electron chi connectivity index (χ1n) is 7.67. The molecule has 1 fully saturated rings. The Kier molecular flexibility index (Phi) is 4.30. The maximum Gasteiger partial charge on any atom is 0.162 e. The second kappa shape index (κ2) is 6.53. The average molecular weight is 276 g/mol. The molecule has 1 saturated carbocycles. The topological polar surface area (TPSA) is 17.1 Å². The summed E-state index contributed by atoms with van der Waals surface area (Å²) in [4.78, 5) is 12.7. The van der Waals surface area contributed by atoms with Crippen LogP contribution in [0.4, 0.5) is 0 Å². The lowest BCUT2D eigenvalue weighted by Crippen LogP contribution is -2.23. The van der Waals surface area contributed by atoms with Crippen molar-refractivity contribution >= 4 is 11.9 Å². The van der Waals surface area contributed by atoms with Gasteiger partial charge in [0.1, 0.15) is 0 Å². The molecule has 1 aliphatic rings. The third kappa shape index (κ3) is 3.49. The van der Waals surface area contributed by atoms with E-state index in [0.29, 0.717) is 5.78 Å². The van der Waals surface area contributed by atoms with E-state index in [0.717, 1.165) is 36.8 Å². The molecule has 0 spiro atoms. The molecule has 0 aromatic heterocycles. The summed E-state index contributed by atoms with van der Waals surface area (Å²) in [5.41, 5.74) is 3.38. The van der Waals surface area contributed by atoms with E-state index in [1.165, 1.54) is 5.56 Å². The van der Waals surface area contributed by atoms with Crippen LogP contribution in [0.25, 0.3) is 6.08 Å². The SMILES string of the molecule is O=C1/C(=C\c2ccccc2)CCCC1Cc1ccccc1. The zero-order valence-electron chi connectivity index (χ0n) is 12.2. The monoisotopic (exact) mass is 276 g/mol. The number of ketones is 1. The van der Waals surface area contributed by atoms with E-state index in [-0.39, 0.29) is 5.92 Å². The fourth-order valence-corrected chi connectivity index (χ4v) is 3.04. The highest BCUT2D eigenvalue weighted by molar-refractivity contribution is 6.01. The summed E-state index contributed by atoms with van der Waals surface area (Å²) in [6.07, 6.45) is 5.98. The van der Waals surface area contributed by atoms with E-state index in [1.807, 2.05) is 36.4 Å². The summed E-state index contributed by atoms with van der Waals surface area (Å²) < 4.78 is 0. The largest absolute Gasteiger partial charge is 0.294 e. The first kappa shape index (κ1) is 13.8. The summed E-state index contributed by atoms with van der Waals surface area (Å²) in [7, 11) is 0. The third-order valence-corrected chi connectivity index (χ3v) is 4.15. The Hall–Kier alpha value is -2.15. The first-order valence-corrected chi connectivity index (χ1v) is 7.67. The molecule has 3 rings (SSSR count). The van der Waals surface area contributed by atoms with Gasteiger partial charge in [-0.1, -0.05) is 60.7 Å². The number of hydrogen-bond donors (Lipinski definition) is 0. The maximum absolute atomic E-state index is 12.7. The summed E-state index contributed by atoms with van der Waals surface area (Å²) in [5.74, 6) is 0.491. The zero-order valence-corrected chi connectivity index (χ0v) is 12.2. The molecule has 1 heteroatoms. The molecule has 2 aromatic carbocycles. The minimum Gasteiger partial charge on any atom is -0.294 e. The van der Waals surface area contributed by atoms with Crippen molar-refractivity contribution in [3.63, 3.8) is 0 Å². The van der Waals surface area contributed by atoms with Gasteiger partial charge in [-0.3, -0.25) is 4.79 Å². The highest BCUT2D eigenvalue weighted by Crippen LogP contribution is 2.29. The van der Waals surface area contributed by atoms with Crippen LogP contribution in [0, 0.1) is 5.92 Å². The van der Waals surface area contributed by atoms with Crippen LogP contribution in [0.3, 0.4) is 0 Å². The van der Waals surface area contributed by atoms with Gasteiger partial charge in [-0.15, -0.1) is 0 Å². The predicted octanol–water partition coefficient (Wildman–Crippen LogP) is 4.68. The predicted molar refractivity (Wildman–Crippen MR) is 86.9 cm³/mol. The minimum absolute atomic E-state index is 0.149. The van der Waals surface area contributed by atoms with Crippen LogP contribution in [0.1, 0.15) is 30.4 Å². The van der Waals surface area contributed by atoms with Crippen LogP contribution in [-0.2, 0) is 11.2 Å². The Balaban J connectivity index is 1.76. The standard InChI is InChI=1S/C20H20O/c21-20-18(14-16-8-3-1-4-9-16)12-7-13-19(20)15-17-10-5-2-6-11-17/h1-6,8-11,14,19H,7,12-13,15H2/b18-14-. The van der Waals surface area contributed by atoms with Crippen molar-refractivity contribution in [1.82, 2.24) is 0 Å². The Labute approximate surface area is 126 Å². The summed E-state index contributed by atoms with van der Waals surface area (Å²) >= 11 is 0. The molecule has 0 bridgehead atoms. The molecular weight excluding hydrogens is 256 g/mol. The highest BCUT2D eigenvalue weighted by atomic mass is 16.1. The van der Waals surface area contributed by atoms with Crippen LogP contribution in [0.15, 0.2) is 66.2 Å². The van der Waals surface area contributed by atoms with Gasteiger partial charge in [0.25, 0.3) is 0 Å². The molecule has 0 N–H and O–H groups in total. The Morgan fingerprint density at radius 1 is 0.952 bits per heavy atom. The molecular formula is C20H20O. The lowest BCUT2D eigenvalue weighted by atomic mass is 9.80. The molecule has 2 aromatic rings. The molecule has 1 unspecified atom stereocenters. The van der Waals surface area contributed by atoms with Crippen molar-refractivity contribution < 1.29 is 4.79 Å². The molecule has 0 saturated heterocycles. The van der Waals surface area contributed by atoms with Crippen molar-refractivity contribution in [1.29, 1.82) is 0 Å². The van der Waals surface area contributed by atoms with Gasteiger partial charge >= 0.3 is 0 Å². The van der Waals surface area contributed by atoms with Gasteiger partial charge in [0.05, 0.1) is 0 Å². The molecule has 0 amide bonds. The van der Waals surface area contributed by atoms with Crippen molar-refractivity contribution in [2.75, 3.05) is 0 Å². The van der Waals surface area contributed by atoms with Gasteiger partial charge in [0.15, 0.2) is 5.78 Å². The molecule has 0 radical (unpaired) electrons. The van der Waals surface area contributed by atoms with Gasteiger partial charge < -0.3 is 0 Å². The lowest BCUT2D eigenvalue weighted by molar-refractivity contribution is -0.120. The molecule has 0 aliphatic heterocycles. The third-order valence-electron chi connectivity index (χ3n) is 4.15. The fourth-order valence-electron chi connectivity index (χ4n) is 3.04. The molecule has 106 valence electrons. The van der Waals surface area contributed by atoms with Crippen LogP contribution in [0.2, 0.25) is 0 Å². The maximum atomic E-state index is 12.7. The smallest absolute Gasteiger partial charge is 0.162 e. The van der Waals surface area contributed by atoms with E-state index in [9.17, 15) is 4.79 Å². The summed E-state index contributed by atoms with van der Waals surface area (Å²) in [5, 5.41) is 0. The molecule has 1 nitrogen and oxygen atoms in total. The van der Waals surface area contributed by atoms with E-state index in [4.69, 9.17) is 0 Å². The van der Waals surface area contributed by atoms with Crippen LogP contribution < -0.4 is 0 Å². The summed E-state index contributed by atoms with van der Waals surface area (Å²) in [6, 6.07) is 20.5. The number of carbonyl (C=O) groups excluding carboxylic acids is 1. The Morgan fingerprint density at radius 2 is 1.62 bits per heavy atom. The minimum atomic E-state index is 0.149. The van der Waals surface area contributed by atoms with Crippen molar-refractivity contribution in [2.45, 2.75) is 25.7 Å². The number of Topliss-reactive ketones (excluding diaryl/α,β-unsaturated/α-hetero) is 1. The Morgan fingerprint density at radius 3 is 2.33 bits per heavy atom. The summed E-state index contributed by atoms with van der Waals surface area (Å²) in [6.45, 7) is 0. The van der Waals surface area contributed by atoms with E-state index in [1.54, 1.807) is 0 Å². The second-order valence-corrected chi connectivity index (χ2v) is 5.72. The quantitative estimate of drug-likeness (QED) is 0.744. The number of rotatable bonds is 3. The molecule has 21 heavy (non-hydrogen) atoms. The van der Waals surface area contributed by atoms with Crippen molar-refractivity contribution in [3.05, 3.63) is 77.4 Å².